The molecule has 154 valence electrons. The predicted molar refractivity (Wildman–Crippen MR) is 96.8 cm³/mol. The van der Waals surface area contributed by atoms with Gasteiger partial charge in [-0.2, -0.15) is 13.2 Å². The van der Waals surface area contributed by atoms with Gasteiger partial charge in [-0.1, -0.05) is 6.07 Å². The highest BCUT2D eigenvalue weighted by Crippen LogP contribution is 2.30. The Labute approximate surface area is 162 Å². The molecular formula is C16H23ClF3N3O3S. The summed E-state index contributed by atoms with van der Waals surface area (Å²) in [5.74, 6) is -0.0930. The molecule has 3 N–H and O–H groups in total. The molecule has 1 unspecified atom stereocenters. The van der Waals surface area contributed by atoms with Gasteiger partial charge < -0.3 is 10.6 Å². The largest absolute Gasteiger partial charge is 0.416 e. The van der Waals surface area contributed by atoms with Gasteiger partial charge in [-0.3, -0.25) is 4.79 Å². The number of benzene rings is 1. The highest BCUT2D eigenvalue weighted by atomic mass is 35.5. The average Bonchev–Trinajstić information content (AvgIpc) is 2.59. The molecule has 1 aliphatic rings. The van der Waals surface area contributed by atoms with Gasteiger partial charge in [-0.15, -0.1) is 12.4 Å². The Balaban J connectivity index is 0.00000364. The van der Waals surface area contributed by atoms with Gasteiger partial charge in [0.15, 0.2) is 0 Å². The predicted octanol–water partition coefficient (Wildman–Crippen LogP) is 1.99. The summed E-state index contributed by atoms with van der Waals surface area (Å²) < 4.78 is 64.6. The Morgan fingerprint density at radius 3 is 2.44 bits per heavy atom. The maximum absolute atomic E-state index is 12.7. The highest BCUT2D eigenvalue weighted by molar-refractivity contribution is 7.89. The van der Waals surface area contributed by atoms with E-state index in [2.05, 4.69) is 4.72 Å². The molecular weight excluding hydrogens is 407 g/mol. The van der Waals surface area contributed by atoms with Crippen LogP contribution in [0.3, 0.4) is 0 Å². The molecule has 0 radical (unpaired) electrons. The number of rotatable bonds is 5. The van der Waals surface area contributed by atoms with Crippen LogP contribution in [0.5, 0.6) is 0 Å². The first-order valence-corrected chi connectivity index (χ1v) is 9.69. The molecule has 1 saturated heterocycles. The van der Waals surface area contributed by atoms with Gasteiger partial charge in [-0.05, 0) is 43.9 Å². The van der Waals surface area contributed by atoms with Crippen molar-refractivity contribution >= 4 is 28.3 Å². The van der Waals surface area contributed by atoms with Crippen LogP contribution in [0.25, 0.3) is 0 Å². The molecule has 0 aromatic heterocycles. The second-order valence-electron chi connectivity index (χ2n) is 6.43. The van der Waals surface area contributed by atoms with Crippen molar-refractivity contribution in [1.29, 1.82) is 0 Å². The van der Waals surface area contributed by atoms with Crippen LogP contribution in [0.15, 0.2) is 29.2 Å². The summed E-state index contributed by atoms with van der Waals surface area (Å²) in [5, 5.41) is 0. The normalized spacial score (nSPS) is 17.3. The SMILES string of the molecule is CC(N)C1CCN(C(=O)CNS(=O)(=O)c2cccc(C(F)(F)F)c2)CC1.Cl. The molecule has 1 aliphatic heterocycles. The van der Waals surface area contributed by atoms with Crippen molar-refractivity contribution in [2.45, 2.75) is 36.9 Å². The molecule has 0 spiro atoms. The summed E-state index contributed by atoms with van der Waals surface area (Å²) >= 11 is 0. The Hall–Kier alpha value is -1.36. The van der Waals surface area contributed by atoms with E-state index in [1.165, 1.54) is 4.90 Å². The topological polar surface area (TPSA) is 92.5 Å². The van der Waals surface area contributed by atoms with Crippen LogP contribution < -0.4 is 10.5 Å². The maximum Gasteiger partial charge on any atom is 0.416 e. The lowest BCUT2D eigenvalue weighted by atomic mass is 9.91. The van der Waals surface area contributed by atoms with E-state index in [-0.39, 0.29) is 18.4 Å². The Kier molecular flexibility index (Phi) is 8.09. The minimum atomic E-state index is -4.65. The minimum absolute atomic E-state index is 0. The first kappa shape index (κ1) is 23.7. The lowest BCUT2D eigenvalue weighted by Crippen LogP contribution is -2.46. The van der Waals surface area contributed by atoms with Gasteiger partial charge >= 0.3 is 6.18 Å². The van der Waals surface area contributed by atoms with Crippen molar-refractivity contribution in [3.8, 4) is 0 Å². The number of nitrogens with zero attached hydrogens (tertiary/aromatic N) is 1. The average molecular weight is 430 g/mol. The van der Waals surface area contributed by atoms with E-state index >= 15 is 0 Å². The van der Waals surface area contributed by atoms with Crippen LogP contribution >= 0.6 is 12.4 Å². The lowest BCUT2D eigenvalue weighted by Gasteiger charge is -2.33. The summed E-state index contributed by atoms with van der Waals surface area (Å²) in [6.45, 7) is 2.37. The molecule has 11 heteroatoms. The third-order valence-corrected chi connectivity index (χ3v) is 5.92. The second-order valence-corrected chi connectivity index (χ2v) is 8.19. The number of halogens is 4. The van der Waals surface area contributed by atoms with Gasteiger partial charge in [0, 0.05) is 19.1 Å². The van der Waals surface area contributed by atoms with Crippen LogP contribution in [0.4, 0.5) is 13.2 Å². The molecule has 0 saturated carbocycles. The number of alkyl halides is 3. The number of nitrogens with two attached hydrogens (primary N) is 1. The van der Waals surface area contributed by atoms with Gasteiger partial charge in [0.1, 0.15) is 0 Å². The van der Waals surface area contributed by atoms with Gasteiger partial charge in [0.25, 0.3) is 0 Å². The maximum atomic E-state index is 12.7. The molecule has 1 fully saturated rings. The van der Waals surface area contributed by atoms with Crippen LogP contribution in [0, 0.1) is 5.92 Å². The molecule has 6 nitrogen and oxygen atoms in total. The van der Waals surface area contributed by atoms with Crippen molar-refractivity contribution in [3.63, 3.8) is 0 Å². The summed E-state index contributed by atoms with van der Waals surface area (Å²) in [4.78, 5) is 13.2. The Bertz CT molecular complexity index is 749. The molecule has 1 aromatic rings. The summed E-state index contributed by atoms with van der Waals surface area (Å²) in [7, 11) is -4.22. The zero-order chi connectivity index (χ0) is 19.5. The van der Waals surface area contributed by atoms with Crippen LogP contribution in [-0.2, 0) is 21.0 Å². The quantitative estimate of drug-likeness (QED) is 0.748. The van der Waals surface area contributed by atoms with Crippen molar-refractivity contribution in [3.05, 3.63) is 29.8 Å². The molecule has 2 rings (SSSR count). The van der Waals surface area contributed by atoms with Crippen molar-refractivity contribution < 1.29 is 26.4 Å². The van der Waals surface area contributed by atoms with E-state index in [1.54, 1.807) is 0 Å². The molecule has 1 heterocycles. The molecule has 0 aliphatic carbocycles. The molecule has 1 aromatic carbocycles. The fourth-order valence-corrected chi connectivity index (χ4v) is 3.89. The standard InChI is InChI=1S/C16H22F3N3O3S.ClH/c1-11(20)12-5-7-22(8-6-12)15(23)10-21-26(24,25)14-4-2-3-13(9-14)16(17,18)19;/h2-4,9,11-12,21H,5-8,10,20H2,1H3;1H. The number of nitrogens with one attached hydrogen (secondary N) is 1. The zero-order valence-corrected chi connectivity index (χ0v) is 16.3. The summed E-state index contributed by atoms with van der Waals surface area (Å²) in [6.07, 6.45) is -3.17. The minimum Gasteiger partial charge on any atom is -0.342 e. The molecule has 0 bridgehead atoms. The van der Waals surface area contributed by atoms with Crippen LogP contribution in [-0.4, -0.2) is 44.9 Å². The van der Waals surface area contributed by atoms with Gasteiger partial charge in [0.05, 0.1) is 17.0 Å². The number of carbonyl (C=O) groups is 1. The summed E-state index contributed by atoms with van der Waals surface area (Å²) in [5.41, 5.74) is 4.77. The fraction of sp³-hybridized carbons (Fsp3) is 0.562. The fourth-order valence-electron chi connectivity index (χ4n) is 2.87. The van der Waals surface area contributed by atoms with E-state index in [9.17, 15) is 26.4 Å². The van der Waals surface area contributed by atoms with Gasteiger partial charge in [-0.25, -0.2) is 13.1 Å². The van der Waals surface area contributed by atoms with E-state index in [0.717, 1.165) is 31.0 Å². The van der Waals surface area contributed by atoms with E-state index < -0.39 is 39.1 Å². The first-order valence-electron chi connectivity index (χ1n) is 8.21. The van der Waals surface area contributed by atoms with Crippen LogP contribution in [0.2, 0.25) is 0 Å². The van der Waals surface area contributed by atoms with Crippen molar-refractivity contribution in [1.82, 2.24) is 9.62 Å². The molecule has 1 atom stereocenters. The number of piperidine rings is 1. The number of sulfonamides is 1. The zero-order valence-electron chi connectivity index (χ0n) is 14.7. The van der Waals surface area contributed by atoms with Gasteiger partial charge in [0.2, 0.25) is 15.9 Å². The highest BCUT2D eigenvalue weighted by Gasteiger charge is 2.32. The lowest BCUT2D eigenvalue weighted by molar-refractivity contribution is -0.137. The smallest absolute Gasteiger partial charge is 0.342 e. The number of hydrogen-bond donors (Lipinski definition) is 2. The third-order valence-electron chi connectivity index (χ3n) is 4.52. The first-order chi connectivity index (χ1) is 12.0. The Morgan fingerprint density at radius 2 is 1.93 bits per heavy atom. The van der Waals surface area contributed by atoms with Crippen LogP contribution in [0.1, 0.15) is 25.3 Å². The number of carbonyl (C=O) groups excluding carboxylic acids is 1. The molecule has 27 heavy (non-hydrogen) atoms. The van der Waals surface area contributed by atoms with E-state index in [1.807, 2.05) is 6.92 Å². The third kappa shape index (κ3) is 6.34. The van der Waals surface area contributed by atoms with E-state index in [0.29, 0.717) is 25.1 Å². The Morgan fingerprint density at radius 1 is 1.33 bits per heavy atom. The van der Waals surface area contributed by atoms with Crippen molar-refractivity contribution in [2.75, 3.05) is 19.6 Å². The summed E-state index contributed by atoms with van der Waals surface area (Å²) in [6, 6.07) is 3.42. The number of likely N-dealkylation sites (tertiary alicyclic amines) is 1. The second kappa shape index (κ2) is 9.22. The number of amides is 1. The van der Waals surface area contributed by atoms with E-state index in [4.69, 9.17) is 5.73 Å². The number of hydrogen-bond acceptors (Lipinski definition) is 4. The molecule has 1 amide bonds. The monoisotopic (exact) mass is 429 g/mol. The van der Waals surface area contributed by atoms with Crippen molar-refractivity contribution in [2.24, 2.45) is 11.7 Å².